The number of methoxy groups -OCH3 is 1. The third kappa shape index (κ3) is 3.28. The lowest BCUT2D eigenvalue weighted by molar-refractivity contribution is -0.108. The molecule has 0 unspecified atom stereocenters. The van der Waals surface area contributed by atoms with Crippen LogP contribution in [-0.4, -0.2) is 24.5 Å². The quantitative estimate of drug-likeness (QED) is 0.436. The second-order valence-electron chi connectivity index (χ2n) is 5.46. The standard InChI is InChI=1S/C19H18N4O2/c1-12-6-3-4-7-13(12)15-10-16(23-19(20)21-11-24)18-14(22-15)8-5-9-17(18)25-2/h3-11H,1-2H3,(H3,20,21,22,23,24). The van der Waals surface area contributed by atoms with Crippen LogP contribution >= 0.6 is 0 Å². The van der Waals surface area contributed by atoms with Crippen molar-refractivity contribution in [2.24, 2.45) is 10.7 Å². The number of nitrogens with zero attached hydrogens (tertiary/aromatic N) is 2. The molecule has 0 atom stereocenters. The first kappa shape index (κ1) is 16.4. The van der Waals surface area contributed by atoms with Crippen molar-refractivity contribution in [2.75, 3.05) is 7.11 Å². The number of ether oxygens (including phenoxy) is 1. The number of aromatic nitrogens is 1. The molecule has 6 heteroatoms. The summed E-state index contributed by atoms with van der Waals surface area (Å²) < 4.78 is 5.44. The Morgan fingerprint density at radius 2 is 2.04 bits per heavy atom. The van der Waals surface area contributed by atoms with Gasteiger partial charge in [-0.05, 0) is 30.7 Å². The maximum absolute atomic E-state index is 10.6. The van der Waals surface area contributed by atoms with E-state index in [1.807, 2.05) is 55.5 Å². The summed E-state index contributed by atoms with van der Waals surface area (Å²) >= 11 is 0. The van der Waals surface area contributed by atoms with E-state index in [0.717, 1.165) is 27.7 Å². The van der Waals surface area contributed by atoms with Gasteiger partial charge in [-0.25, -0.2) is 9.98 Å². The number of pyridine rings is 1. The summed E-state index contributed by atoms with van der Waals surface area (Å²) in [4.78, 5) is 19.7. The van der Waals surface area contributed by atoms with Gasteiger partial charge in [0.15, 0.2) is 5.96 Å². The van der Waals surface area contributed by atoms with Crippen molar-refractivity contribution in [3.8, 4) is 17.0 Å². The molecule has 0 aliphatic rings. The van der Waals surface area contributed by atoms with Crippen LogP contribution in [0.5, 0.6) is 5.75 Å². The fraction of sp³-hybridized carbons (Fsp3) is 0.105. The summed E-state index contributed by atoms with van der Waals surface area (Å²) in [7, 11) is 1.59. The van der Waals surface area contributed by atoms with Gasteiger partial charge in [0.1, 0.15) is 5.75 Å². The van der Waals surface area contributed by atoms with Crippen LogP contribution in [0.4, 0.5) is 5.69 Å². The van der Waals surface area contributed by atoms with E-state index in [2.05, 4.69) is 10.3 Å². The molecule has 126 valence electrons. The normalized spacial score (nSPS) is 11.4. The summed E-state index contributed by atoms with van der Waals surface area (Å²) in [6.07, 6.45) is 0.488. The number of nitrogens with one attached hydrogen (secondary N) is 1. The topological polar surface area (TPSA) is 89.6 Å². The van der Waals surface area contributed by atoms with E-state index in [1.54, 1.807) is 7.11 Å². The van der Waals surface area contributed by atoms with Crippen LogP contribution in [0.2, 0.25) is 0 Å². The highest BCUT2D eigenvalue weighted by Gasteiger charge is 2.13. The number of nitrogens with two attached hydrogens (primary N) is 1. The van der Waals surface area contributed by atoms with Crippen molar-refractivity contribution in [3.63, 3.8) is 0 Å². The number of amides is 1. The van der Waals surface area contributed by atoms with E-state index in [-0.39, 0.29) is 5.96 Å². The minimum absolute atomic E-state index is 0.00383. The number of fused-ring (bicyclic) bond motifs is 1. The van der Waals surface area contributed by atoms with Crippen LogP contribution in [0.3, 0.4) is 0 Å². The Balaban J connectivity index is 2.31. The minimum Gasteiger partial charge on any atom is -0.496 e. The second kappa shape index (κ2) is 7.00. The maximum Gasteiger partial charge on any atom is 0.213 e. The van der Waals surface area contributed by atoms with E-state index in [9.17, 15) is 4.79 Å². The van der Waals surface area contributed by atoms with Crippen molar-refractivity contribution >= 4 is 29.0 Å². The SMILES string of the molecule is COc1cccc2nc(-c3ccccc3C)cc(N=C(N)NC=O)c12. The monoisotopic (exact) mass is 334 g/mol. The smallest absolute Gasteiger partial charge is 0.213 e. The van der Waals surface area contributed by atoms with Crippen LogP contribution in [0.1, 0.15) is 5.56 Å². The van der Waals surface area contributed by atoms with Crippen LogP contribution in [0, 0.1) is 6.92 Å². The Bertz CT molecular complexity index is 967. The third-order valence-corrected chi connectivity index (χ3v) is 3.86. The molecule has 1 heterocycles. The number of benzene rings is 2. The van der Waals surface area contributed by atoms with Crippen molar-refractivity contribution in [2.45, 2.75) is 6.92 Å². The van der Waals surface area contributed by atoms with E-state index in [1.165, 1.54) is 0 Å². The van der Waals surface area contributed by atoms with Gasteiger partial charge in [0.05, 0.1) is 29.4 Å². The molecular weight excluding hydrogens is 316 g/mol. The number of hydrogen-bond donors (Lipinski definition) is 2. The molecule has 0 radical (unpaired) electrons. The number of aryl methyl sites for hydroxylation is 1. The Morgan fingerprint density at radius 1 is 1.24 bits per heavy atom. The second-order valence-corrected chi connectivity index (χ2v) is 5.46. The molecule has 0 bridgehead atoms. The predicted octanol–water partition coefficient (Wildman–Crippen LogP) is 2.91. The van der Waals surface area contributed by atoms with Crippen LogP contribution in [0.15, 0.2) is 53.5 Å². The highest BCUT2D eigenvalue weighted by molar-refractivity contribution is 6.00. The first-order valence-corrected chi connectivity index (χ1v) is 7.72. The van der Waals surface area contributed by atoms with E-state index in [4.69, 9.17) is 15.5 Å². The van der Waals surface area contributed by atoms with Crippen molar-refractivity contribution < 1.29 is 9.53 Å². The Morgan fingerprint density at radius 3 is 2.76 bits per heavy atom. The molecule has 0 aliphatic heterocycles. The molecule has 3 rings (SSSR count). The van der Waals surface area contributed by atoms with E-state index < -0.39 is 0 Å². The molecule has 0 saturated heterocycles. The molecule has 25 heavy (non-hydrogen) atoms. The van der Waals surface area contributed by atoms with Gasteiger partial charge in [-0.1, -0.05) is 30.3 Å². The van der Waals surface area contributed by atoms with E-state index >= 15 is 0 Å². The third-order valence-electron chi connectivity index (χ3n) is 3.86. The van der Waals surface area contributed by atoms with Crippen LogP contribution < -0.4 is 15.8 Å². The van der Waals surface area contributed by atoms with Gasteiger partial charge in [0.2, 0.25) is 6.41 Å². The number of rotatable bonds is 4. The van der Waals surface area contributed by atoms with Crippen molar-refractivity contribution in [3.05, 3.63) is 54.1 Å². The lowest BCUT2D eigenvalue weighted by Gasteiger charge is -2.12. The average molecular weight is 334 g/mol. The lowest BCUT2D eigenvalue weighted by atomic mass is 10.0. The fourth-order valence-corrected chi connectivity index (χ4v) is 2.71. The number of hydrogen-bond acceptors (Lipinski definition) is 4. The largest absolute Gasteiger partial charge is 0.496 e. The Hall–Kier alpha value is -3.41. The first-order valence-electron chi connectivity index (χ1n) is 7.72. The molecule has 0 spiro atoms. The van der Waals surface area contributed by atoms with Gasteiger partial charge in [-0.3, -0.25) is 10.1 Å². The number of carbonyl (C=O) groups excluding carboxylic acids is 1. The molecule has 1 aromatic heterocycles. The minimum atomic E-state index is 0.00383. The summed E-state index contributed by atoms with van der Waals surface area (Å²) in [6.45, 7) is 2.03. The van der Waals surface area contributed by atoms with Gasteiger partial charge in [0, 0.05) is 5.56 Å². The van der Waals surface area contributed by atoms with Gasteiger partial charge >= 0.3 is 0 Å². The number of carbonyl (C=O) groups is 1. The van der Waals surface area contributed by atoms with Crippen LogP contribution in [0.25, 0.3) is 22.2 Å². The average Bonchev–Trinajstić information content (AvgIpc) is 2.61. The predicted molar refractivity (Wildman–Crippen MR) is 99.0 cm³/mol. The Kier molecular flexibility index (Phi) is 4.61. The van der Waals surface area contributed by atoms with Gasteiger partial charge in [-0.15, -0.1) is 0 Å². The highest BCUT2D eigenvalue weighted by Crippen LogP contribution is 2.36. The molecule has 0 fully saturated rings. The van der Waals surface area contributed by atoms with Gasteiger partial charge in [-0.2, -0.15) is 0 Å². The zero-order chi connectivity index (χ0) is 17.8. The molecule has 0 saturated carbocycles. The van der Waals surface area contributed by atoms with Crippen molar-refractivity contribution in [1.29, 1.82) is 0 Å². The Labute approximate surface area is 145 Å². The number of aliphatic imine (C=N–C) groups is 1. The molecule has 0 aliphatic carbocycles. The lowest BCUT2D eigenvalue weighted by Crippen LogP contribution is -2.29. The number of guanidine groups is 1. The van der Waals surface area contributed by atoms with E-state index in [0.29, 0.717) is 17.8 Å². The summed E-state index contributed by atoms with van der Waals surface area (Å²) in [5.41, 5.74) is 9.96. The molecule has 2 aromatic carbocycles. The van der Waals surface area contributed by atoms with Gasteiger partial charge in [0.25, 0.3) is 0 Å². The molecule has 3 N–H and O–H groups in total. The molecule has 6 nitrogen and oxygen atoms in total. The zero-order valence-electron chi connectivity index (χ0n) is 14.0. The highest BCUT2D eigenvalue weighted by atomic mass is 16.5. The molecular formula is C19H18N4O2. The van der Waals surface area contributed by atoms with Crippen LogP contribution in [-0.2, 0) is 4.79 Å². The first-order chi connectivity index (χ1) is 12.1. The summed E-state index contributed by atoms with van der Waals surface area (Å²) in [5, 5.41) is 3.09. The maximum atomic E-state index is 10.6. The van der Waals surface area contributed by atoms with Gasteiger partial charge < -0.3 is 10.5 Å². The van der Waals surface area contributed by atoms with Crippen molar-refractivity contribution in [1.82, 2.24) is 10.3 Å². The molecule has 1 amide bonds. The molecule has 3 aromatic rings. The zero-order valence-corrected chi connectivity index (χ0v) is 14.0. The summed E-state index contributed by atoms with van der Waals surface area (Å²) in [5.74, 6) is 0.642. The summed E-state index contributed by atoms with van der Waals surface area (Å²) in [6, 6.07) is 15.4. The fourth-order valence-electron chi connectivity index (χ4n) is 2.71.